The van der Waals surface area contributed by atoms with E-state index in [0.717, 1.165) is 30.6 Å². The summed E-state index contributed by atoms with van der Waals surface area (Å²) in [6, 6.07) is 14.2. The molecular weight excluding hydrogens is 332 g/mol. The molecule has 6 nitrogen and oxygen atoms in total. The number of nitro groups is 1. The standard InChI is InChI=1S/C20H24N2O4/c1-2-14-26-19-12-6-4-8-16(19)10-7-13-21-20(23)15-17-9-3-5-11-18(17)22(24)25/h3-6,8-9,11-12H,2,7,10,13-15H2,1H3,(H,21,23). The fourth-order valence-electron chi connectivity index (χ4n) is 2.64. The molecule has 0 aromatic heterocycles. The Morgan fingerprint density at radius 1 is 1.12 bits per heavy atom. The van der Waals surface area contributed by atoms with E-state index in [1.54, 1.807) is 18.2 Å². The van der Waals surface area contributed by atoms with Crippen LogP contribution in [0.3, 0.4) is 0 Å². The van der Waals surface area contributed by atoms with Gasteiger partial charge >= 0.3 is 0 Å². The number of rotatable bonds is 10. The molecule has 0 fully saturated rings. The molecule has 2 aromatic carbocycles. The largest absolute Gasteiger partial charge is 0.493 e. The summed E-state index contributed by atoms with van der Waals surface area (Å²) < 4.78 is 5.73. The van der Waals surface area contributed by atoms with Crippen molar-refractivity contribution in [1.29, 1.82) is 0 Å². The quantitative estimate of drug-likeness (QED) is 0.400. The molecule has 0 heterocycles. The zero-order chi connectivity index (χ0) is 18.8. The van der Waals surface area contributed by atoms with E-state index >= 15 is 0 Å². The van der Waals surface area contributed by atoms with Crippen LogP contribution in [0.5, 0.6) is 5.75 Å². The maximum Gasteiger partial charge on any atom is 0.273 e. The molecule has 1 amide bonds. The minimum atomic E-state index is -0.462. The predicted molar refractivity (Wildman–Crippen MR) is 100 cm³/mol. The number of nitrogens with one attached hydrogen (secondary N) is 1. The van der Waals surface area contributed by atoms with Crippen molar-refractivity contribution in [2.24, 2.45) is 0 Å². The van der Waals surface area contributed by atoms with Crippen LogP contribution in [0, 0.1) is 10.1 Å². The molecule has 0 atom stereocenters. The molecular formula is C20H24N2O4. The van der Waals surface area contributed by atoms with E-state index in [0.29, 0.717) is 18.7 Å². The monoisotopic (exact) mass is 356 g/mol. The van der Waals surface area contributed by atoms with Crippen molar-refractivity contribution in [1.82, 2.24) is 5.32 Å². The highest BCUT2D eigenvalue weighted by molar-refractivity contribution is 5.79. The predicted octanol–water partition coefficient (Wildman–Crippen LogP) is 3.68. The molecule has 26 heavy (non-hydrogen) atoms. The van der Waals surface area contributed by atoms with Gasteiger partial charge in [-0.2, -0.15) is 0 Å². The van der Waals surface area contributed by atoms with E-state index in [2.05, 4.69) is 12.2 Å². The van der Waals surface area contributed by atoms with Gasteiger partial charge in [-0.1, -0.05) is 43.3 Å². The summed E-state index contributed by atoms with van der Waals surface area (Å²) in [6.07, 6.45) is 2.53. The van der Waals surface area contributed by atoms with Crippen LogP contribution in [0.15, 0.2) is 48.5 Å². The molecule has 6 heteroatoms. The Morgan fingerprint density at radius 3 is 2.54 bits per heavy atom. The van der Waals surface area contributed by atoms with Crippen LogP contribution in [0.2, 0.25) is 0 Å². The molecule has 1 N–H and O–H groups in total. The van der Waals surface area contributed by atoms with Gasteiger partial charge in [-0.3, -0.25) is 14.9 Å². The van der Waals surface area contributed by atoms with E-state index < -0.39 is 4.92 Å². The van der Waals surface area contributed by atoms with Crippen molar-refractivity contribution >= 4 is 11.6 Å². The third-order valence-corrected chi connectivity index (χ3v) is 3.92. The first-order chi connectivity index (χ1) is 12.6. The average molecular weight is 356 g/mol. The van der Waals surface area contributed by atoms with Gasteiger partial charge in [-0.15, -0.1) is 0 Å². The number of nitrogens with zero attached hydrogens (tertiary/aromatic N) is 1. The van der Waals surface area contributed by atoms with E-state index in [1.165, 1.54) is 6.07 Å². The van der Waals surface area contributed by atoms with Crippen LogP contribution in [-0.4, -0.2) is 24.0 Å². The number of hydrogen-bond donors (Lipinski definition) is 1. The lowest BCUT2D eigenvalue weighted by atomic mass is 10.1. The topological polar surface area (TPSA) is 81.5 Å². The summed E-state index contributed by atoms with van der Waals surface area (Å²) in [7, 11) is 0. The highest BCUT2D eigenvalue weighted by Crippen LogP contribution is 2.20. The Bertz CT molecular complexity index is 746. The molecule has 0 bridgehead atoms. The third kappa shape index (κ3) is 5.88. The van der Waals surface area contributed by atoms with Crippen LogP contribution in [0.4, 0.5) is 5.69 Å². The second kappa shape index (κ2) is 10.2. The van der Waals surface area contributed by atoms with E-state index in [4.69, 9.17) is 4.74 Å². The van der Waals surface area contributed by atoms with Crippen LogP contribution < -0.4 is 10.1 Å². The number of carbonyl (C=O) groups is 1. The van der Waals surface area contributed by atoms with Crippen molar-refractivity contribution in [3.05, 3.63) is 69.8 Å². The molecule has 2 rings (SSSR count). The lowest BCUT2D eigenvalue weighted by Crippen LogP contribution is -2.26. The number of nitro benzene ring substituents is 1. The summed E-state index contributed by atoms with van der Waals surface area (Å²) in [4.78, 5) is 22.6. The lowest BCUT2D eigenvalue weighted by Gasteiger charge is -2.11. The van der Waals surface area contributed by atoms with Crippen LogP contribution in [-0.2, 0) is 17.6 Å². The highest BCUT2D eigenvalue weighted by atomic mass is 16.6. The van der Waals surface area contributed by atoms with Gasteiger partial charge in [0, 0.05) is 18.2 Å². The Hall–Kier alpha value is -2.89. The zero-order valence-corrected chi connectivity index (χ0v) is 14.9. The minimum Gasteiger partial charge on any atom is -0.493 e. The van der Waals surface area contributed by atoms with Crippen LogP contribution in [0.25, 0.3) is 0 Å². The first kappa shape index (κ1) is 19.4. The lowest BCUT2D eigenvalue weighted by molar-refractivity contribution is -0.385. The number of aryl methyl sites for hydroxylation is 1. The van der Waals surface area contributed by atoms with E-state index in [9.17, 15) is 14.9 Å². The fraction of sp³-hybridized carbons (Fsp3) is 0.350. The van der Waals surface area contributed by atoms with Gasteiger partial charge in [0.05, 0.1) is 18.0 Å². The van der Waals surface area contributed by atoms with Crippen molar-refractivity contribution in [3.8, 4) is 5.75 Å². The van der Waals surface area contributed by atoms with Crippen molar-refractivity contribution in [2.45, 2.75) is 32.6 Å². The van der Waals surface area contributed by atoms with E-state index in [1.807, 2.05) is 24.3 Å². The van der Waals surface area contributed by atoms with E-state index in [-0.39, 0.29) is 18.0 Å². The van der Waals surface area contributed by atoms with Crippen molar-refractivity contribution in [3.63, 3.8) is 0 Å². The number of hydrogen-bond acceptors (Lipinski definition) is 4. The number of ether oxygens (including phenoxy) is 1. The Morgan fingerprint density at radius 2 is 1.81 bits per heavy atom. The van der Waals surface area contributed by atoms with Gasteiger partial charge in [-0.25, -0.2) is 0 Å². The van der Waals surface area contributed by atoms with Crippen molar-refractivity contribution in [2.75, 3.05) is 13.2 Å². The molecule has 0 saturated carbocycles. The van der Waals surface area contributed by atoms with Crippen molar-refractivity contribution < 1.29 is 14.5 Å². The average Bonchev–Trinajstić information content (AvgIpc) is 2.64. The highest BCUT2D eigenvalue weighted by Gasteiger charge is 2.15. The zero-order valence-electron chi connectivity index (χ0n) is 14.9. The molecule has 2 aromatic rings. The molecule has 138 valence electrons. The van der Waals surface area contributed by atoms with Crippen LogP contribution >= 0.6 is 0 Å². The SMILES string of the molecule is CCCOc1ccccc1CCCNC(=O)Cc1ccccc1[N+](=O)[O-]. The Labute approximate surface area is 153 Å². The van der Waals surface area contributed by atoms with Gasteiger partial charge < -0.3 is 10.1 Å². The van der Waals surface area contributed by atoms with Gasteiger partial charge in [0.1, 0.15) is 5.75 Å². The normalized spacial score (nSPS) is 10.3. The molecule has 0 spiro atoms. The first-order valence-corrected chi connectivity index (χ1v) is 8.81. The molecule has 0 aliphatic carbocycles. The molecule has 0 aliphatic rings. The second-order valence-electron chi connectivity index (χ2n) is 5.97. The molecule has 0 radical (unpaired) electrons. The number of carbonyl (C=O) groups excluding carboxylic acids is 1. The van der Waals surface area contributed by atoms with Crippen LogP contribution in [0.1, 0.15) is 30.9 Å². The summed E-state index contributed by atoms with van der Waals surface area (Å²) in [5.41, 5.74) is 1.52. The fourth-order valence-corrected chi connectivity index (χ4v) is 2.64. The smallest absolute Gasteiger partial charge is 0.273 e. The molecule has 0 aliphatic heterocycles. The number of benzene rings is 2. The third-order valence-electron chi connectivity index (χ3n) is 3.92. The minimum absolute atomic E-state index is 0.00729. The molecule has 0 saturated heterocycles. The summed E-state index contributed by atoms with van der Waals surface area (Å²) in [5.74, 6) is 0.676. The summed E-state index contributed by atoms with van der Waals surface area (Å²) in [5, 5.41) is 13.8. The maximum atomic E-state index is 12.0. The summed E-state index contributed by atoms with van der Waals surface area (Å²) >= 11 is 0. The second-order valence-corrected chi connectivity index (χ2v) is 5.97. The Balaban J connectivity index is 1.80. The van der Waals surface area contributed by atoms with Gasteiger partial charge in [0.15, 0.2) is 0 Å². The van der Waals surface area contributed by atoms with Gasteiger partial charge in [0.2, 0.25) is 5.91 Å². The number of amides is 1. The van der Waals surface area contributed by atoms with Gasteiger partial charge in [0.25, 0.3) is 5.69 Å². The van der Waals surface area contributed by atoms with Gasteiger partial charge in [-0.05, 0) is 30.9 Å². The molecule has 0 unspecified atom stereocenters. The first-order valence-electron chi connectivity index (χ1n) is 8.81. The summed E-state index contributed by atoms with van der Waals surface area (Å²) in [6.45, 7) is 3.26. The maximum absolute atomic E-state index is 12.0. The Kier molecular flexibility index (Phi) is 7.61. The number of para-hydroxylation sites is 2.